The quantitative estimate of drug-likeness (QED) is 0.775. The van der Waals surface area contributed by atoms with Crippen molar-refractivity contribution in [1.29, 1.82) is 0 Å². The van der Waals surface area contributed by atoms with Crippen molar-refractivity contribution in [3.63, 3.8) is 0 Å². The molecule has 0 saturated carbocycles. The Morgan fingerprint density at radius 2 is 1.71 bits per heavy atom. The van der Waals surface area contributed by atoms with Gasteiger partial charge >= 0.3 is 0 Å². The Hall–Kier alpha value is -1.60. The molecule has 0 fully saturated rings. The summed E-state index contributed by atoms with van der Waals surface area (Å²) in [7, 11) is 0. The van der Waals surface area contributed by atoms with E-state index in [4.69, 9.17) is 0 Å². The first kappa shape index (κ1) is 15.8. The van der Waals surface area contributed by atoms with Gasteiger partial charge in [0.05, 0.1) is 0 Å². The summed E-state index contributed by atoms with van der Waals surface area (Å²) >= 11 is 0. The fourth-order valence-electron chi connectivity index (χ4n) is 2.70. The van der Waals surface area contributed by atoms with Crippen LogP contribution < -0.4 is 5.32 Å². The standard InChI is InChI=1S/C20H27N/c1-16(2)21-15-20(19-10-5-4-6-11-19)13-12-18-9-7-8-17(3)14-18/h4-11,14,16,20-21H,12-13,15H2,1-3H3. The molecule has 0 amide bonds. The van der Waals surface area contributed by atoms with E-state index < -0.39 is 0 Å². The lowest BCUT2D eigenvalue weighted by Gasteiger charge is -2.20. The van der Waals surface area contributed by atoms with Crippen LogP contribution in [0.3, 0.4) is 0 Å². The molecule has 0 bridgehead atoms. The molecule has 2 rings (SSSR count). The zero-order valence-electron chi connectivity index (χ0n) is 13.5. The van der Waals surface area contributed by atoms with Crippen molar-refractivity contribution in [2.45, 2.75) is 45.6 Å². The third-order valence-electron chi connectivity index (χ3n) is 3.91. The SMILES string of the molecule is Cc1cccc(CCC(CNC(C)C)c2ccccc2)c1. The molecule has 0 heterocycles. The molecule has 1 heteroatoms. The van der Waals surface area contributed by atoms with E-state index in [1.807, 2.05) is 0 Å². The maximum absolute atomic E-state index is 3.59. The van der Waals surface area contributed by atoms with E-state index in [9.17, 15) is 0 Å². The minimum atomic E-state index is 0.537. The molecule has 21 heavy (non-hydrogen) atoms. The molecule has 2 aromatic carbocycles. The summed E-state index contributed by atoms with van der Waals surface area (Å²) in [6.07, 6.45) is 2.33. The fourth-order valence-corrected chi connectivity index (χ4v) is 2.70. The number of hydrogen-bond donors (Lipinski definition) is 1. The van der Waals surface area contributed by atoms with Crippen LogP contribution >= 0.6 is 0 Å². The largest absolute Gasteiger partial charge is 0.314 e. The summed E-state index contributed by atoms with van der Waals surface area (Å²) in [6, 6.07) is 20.3. The van der Waals surface area contributed by atoms with Crippen LogP contribution in [0, 0.1) is 6.92 Å². The van der Waals surface area contributed by atoms with E-state index in [1.165, 1.54) is 23.1 Å². The van der Waals surface area contributed by atoms with Gasteiger partial charge in [-0.25, -0.2) is 0 Å². The number of hydrogen-bond acceptors (Lipinski definition) is 1. The van der Waals surface area contributed by atoms with Crippen LogP contribution in [0.4, 0.5) is 0 Å². The molecule has 1 N–H and O–H groups in total. The maximum Gasteiger partial charge on any atom is 0.00226 e. The molecule has 1 atom stereocenters. The van der Waals surface area contributed by atoms with Crippen molar-refractivity contribution in [3.8, 4) is 0 Å². The first-order chi connectivity index (χ1) is 10.1. The van der Waals surface area contributed by atoms with Gasteiger partial charge in [0, 0.05) is 12.6 Å². The minimum absolute atomic E-state index is 0.537. The van der Waals surface area contributed by atoms with Crippen LogP contribution in [0.2, 0.25) is 0 Å². The lowest BCUT2D eigenvalue weighted by atomic mass is 9.92. The second-order valence-electron chi connectivity index (χ2n) is 6.20. The average Bonchev–Trinajstić information content (AvgIpc) is 2.48. The van der Waals surface area contributed by atoms with Crippen molar-refractivity contribution in [3.05, 3.63) is 71.3 Å². The highest BCUT2D eigenvalue weighted by atomic mass is 14.9. The van der Waals surface area contributed by atoms with Gasteiger partial charge in [0.1, 0.15) is 0 Å². The van der Waals surface area contributed by atoms with Crippen molar-refractivity contribution in [2.75, 3.05) is 6.54 Å². The molecular formula is C20H27N. The van der Waals surface area contributed by atoms with E-state index >= 15 is 0 Å². The fraction of sp³-hybridized carbons (Fsp3) is 0.400. The van der Waals surface area contributed by atoms with Crippen LogP contribution in [0.15, 0.2) is 54.6 Å². The summed E-state index contributed by atoms with van der Waals surface area (Å²) in [4.78, 5) is 0. The minimum Gasteiger partial charge on any atom is -0.314 e. The predicted octanol–water partition coefficient (Wildman–Crippen LogP) is 4.71. The predicted molar refractivity (Wildman–Crippen MR) is 91.8 cm³/mol. The Labute approximate surface area is 129 Å². The molecular weight excluding hydrogens is 254 g/mol. The summed E-state index contributed by atoms with van der Waals surface area (Å²) in [5.74, 6) is 0.578. The van der Waals surface area contributed by atoms with Gasteiger partial charge in [-0.1, -0.05) is 74.0 Å². The van der Waals surface area contributed by atoms with E-state index in [2.05, 4.69) is 80.7 Å². The van der Waals surface area contributed by atoms with Gasteiger partial charge in [-0.3, -0.25) is 0 Å². The van der Waals surface area contributed by atoms with Gasteiger partial charge in [0.15, 0.2) is 0 Å². The number of benzene rings is 2. The normalized spacial score (nSPS) is 12.6. The zero-order chi connectivity index (χ0) is 15.1. The van der Waals surface area contributed by atoms with Gasteiger partial charge in [-0.15, -0.1) is 0 Å². The lowest BCUT2D eigenvalue weighted by molar-refractivity contribution is 0.508. The molecule has 0 aliphatic rings. The van der Waals surface area contributed by atoms with E-state index in [0.717, 1.165) is 13.0 Å². The maximum atomic E-state index is 3.59. The topological polar surface area (TPSA) is 12.0 Å². The summed E-state index contributed by atoms with van der Waals surface area (Å²) in [5.41, 5.74) is 4.24. The monoisotopic (exact) mass is 281 g/mol. The number of aryl methyl sites for hydroxylation is 2. The number of nitrogens with one attached hydrogen (secondary N) is 1. The Morgan fingerprint density at radius 3 is 2.38 bits per heavy atom. The highest BCUT2D eigenvalue weighted by Crippen LogP contribution is 2.21. The average molecular weight is 281 g/mol. The molecule has 0 aliphatic heterocycles. The van der Waals surface area contributed by atoms with Crippen molar-refractivity contribution in [1.82, 2.24) is 5.32 Å². The second kappa shape index (κ2) is 7.99. The Balaban J connectivity index is 2.02. The third kappa shape index (κ3) is 5.35. The van der Waals surface area contributed by atoms with Gasteiger partial charge in [0.25, 0.3) is 0 Å². The zero-order valence-corrected chi connectivity index (χ0v) is 13.5. The number of rotatable bonds is 7. The Kier molecular flexibility index (Phi) is 6.01. The van der Waals surface area contributed by atoms with E-state index in [1.54, 1.807) is 0 Å². The van der Waals surface area contributed by atoms with E-state index in [-0.39, 0.29) is 0 Å². The van der Waals surface area contributed by atoms with Crippen LogP contribution in [0.1, 0.15) is 42.9 Å². The van der Waals surface area contributed by atoms with Gasteiger partial charge in [-0.05, 0) is 36.8 Å². The van der Waals surface area contributed by atoms with Crippen LogP contribution in [0.25, 0.3) is 0 Å². The smallest absolute Gasteiger partial charge is 0.00226 e. The molecule has 0 radical (unpaired) electrons. The Morgan fingerprint density at radius 1 is 0.952 bits per heavy atom. The summed E-state index contributed by atoms with van der Waals surface area (Å²) in [5, 5.41) is 3.59. The van der Waals surface area contributed by atoms with Crippen LogP contribution in [-0.4, -0.2) is 12.6 Å². The van der Waals surface area contributed by atoms with Gasteiger partial charge < -0.3 is 5.32 Å². The lowest BCUT2D eigenvalue weighted by Crippen LogP contribution is -2.28. The van der Waals surface area contributed by atoms with Crippen molar-refractivity contribution < 1.29 is 0 Å². The second-order valence-corrected chi connectivity index (χ2v) is 6.20. The highest BCUT2D eigenvalue weighted by Gasteiger charge is 2.12. The first-order valence-electron chi connectivity index (χ1n) is 7.99. The molecule has 0 aromatic heterocycles. The van der Waals surface area contributed by atoms with Gasteiger partial charge in [0.2, 0.25) is 0 Å². The summed E-state index contributed by atoms with van der Waals surface area (Å²) < 4.78 is 0. The van der Waals surface area contributed by atoms with E-state index in [0.29, 0.717) is 12.0 Å². The van der Waals surface area contributed by atoms with Crippen LogP contribution in [-0.2, 0) is 6.42 Å². The van der Waals surface area contributed by atoms with Gasteiger partial charge in [-0.2, -0.15) is 0 Å². The molecule has 0 saturated heterocycles. The molecule has 1 nitrogen and oxygen atoms in total. The third-order valence-corrected chi connectivity index (χ3v) is 3.91. The molecule has 2 aromatic rings. The summed E-state index contributed by atoms with van der Waals surface area (Å²) in [6.45, 7) is 7.64. The highest BCUT2D eigenvalue weighted by molar-refractivity contribution is 5.24. The molecule has 1 unspecified atom stereocenters. The Bertz CT molecular complexity index is 531. The first-order valence-corrected chi connectivity index (χ1v) is 7.99. The van der Waals surface area contributed by atoms with Crippen LogP contribution in [0.5, 0.6) is 0 Å². The molecule has 112 valence electrons. The molecule has 0 aliphatic carbocycles. The van der Waals surface area contributed by atoms with Crippen molar-refractivity contribution >= 4 is 0 Å². The van der Waals surface area contributed by atoms with Crippen molar-refractivity contribution in [2.24, 2.45) is 0 Å². The molecule has 0 spiro atoms.